The topological polar surface area (TPSA) is 78.9 Å². The largest absolute Gasteiger partial charge is 0.462 e. The van der Waals surface area contributed by atoms with Crippen LogP contribution in [0.5, 0.6) is 0 Å². The number of esters is 3. The van der Waals surface area contributed by atoms with Gasteiger partial charge >= 0.3 is 17.9 Å². The van der Waals surface area contributed by atoms with Gasteiger partial charge in [-0.1, -0.05) is 279 Å². The molecule has 1 atom stereocenters. The van der Waals surface area contributed by atoms with Crippen LogP contribution in [0.4, 0.5) is 0 Å². The Morgan fingerprint density at radius 2 is 0.513 bits per heavy atom. The molecule has 0 rings (SSSR count). The fourth-order valence-electron chi connectivity index (χ4n) is 8.94. The molecule has 0 heterocycles. The van der Waals surface area contributed by atoms with Crippen molar-refractivity contribution in [2.45, 2.75) is 316 Å². The molecule has 0 bridgehead atoms. The molecular weight excluding hydrogens is 937 g/mol. The molecule has 0 radical (unpaired) electrons. The molecule has 0 saturated heterocycles. The first-order valence-corrected chi connectivity index (χ1v) is 32.2. The van der Waals surface area contributed by atoms with Gasteiger partial charge in [0.1, 0.15) is 13.2 Å². The number of rotatable bonds is 58. The van der Waals surface area contributed by atoms with Crippen LogP contribution in [-0.4, -0.2) is 37.2 Å². The minimum Gasteiger partial charge on any atom is -0.462 e. The van der Waals surface area contributed by atoms with Gasteiger partial charge in [-0.05, 0) is 109 Å². The van der Waals surface area contributed by atoms with Gasteiger partial charge in [0.2, 0.25) is 0 Å². The molecule has 0 spiro atoms. The summed E-state index contributed by atoms with van der Waals surface area (Å²) in [4.78, 5) is 38.2. The summed E-state index contributed by atoms with van der Waals surface area (Å²) < 4.78 is 16.9. The number of unbranched alkanes of at least 4 members (excludes halogenated alkanes) is 31. The molecule has 0 N–H and O–H groups in total. The molecule has 6 nitrogen and oxygen atoms in total. The summed E-state index contributed by atoms with van der Waals surface area (Å²) in [5, 5.41) is 0. The normalized spacial score (nSPS) is 12.7. The lowest BCUT2D eigenvalue weighted by molar-refractivity contribution is -0.167. The summed E-state index contributed by atoms with van der Waals surface area (Å²) in [7, 11) is 0. The van der Waals surface area contributed by atoms with E-state index in [1.54, 1.807) is 0 Å². The Kier molecular flexibility index (Phi) is 60.8. The quantitative estimate of drug-likeness (QED) is 0.0261. The summed E-state index contributed by atoms with van der Waals surface area (Å²) in [6.07, 6.45) is 85.8. The van der Waals surface area contributed by atoms with Crippen molar-refractivity contribution in [3.63, 3.8) is 0 Å². The minimum atomic E-state index is -0.786. The molecule has 6 heteroatoms. The second-order valence-electron chi connectivity index (χ2n) is 21.3. The van der Waals surface area contributed by atoms with Gasteiger partial charge in [0.05, 0.1) is 0 Å². The second-order valence-corrected chi connectivity index (χ2v) is 21.3. The van der Waals surface area contributed by atoms with Gasteiger partial charge in [-0.3, -0.25) is 14.4 Å². The van der Waals surface area contributed by atoms with Gasteiger partial charge in [-0.2, -0.15) is 0 Å². The lowest BCUT2D eigenvalue weighted by atomic mass is 10.0. The van der Waals surface area contributed by atoms with E-state index in [0.717, 1.165) is 122 Å². The van der Waals surface area contributed by atoms with Crippen molar-refractivity contribution >= 4 is 17.9 Å². The van der Waals surface area contributed by atoms with Gasteiger partial charge in [-0.15, -0.1) is 0 Å². The van der Waals surface area contributed by atoms with Crippen LogP contribution in [0.3, 0.4) is 0 Å². The van der Waals surface area contributed by atoms with Gasteiger partial charge in [-0.25, -0.2) is 0 Å². The SMILES string of the molecule is CC/C=C\C/C=C\C/C=C\C/C=C\C/C=C\CCCCCCCCCCCCCCCCCCCC(=O)OCC(COC(=O)CCCCCCC/C=C\CCCC)OC(=O)CCCCCCC/C=C\C/C=C\CCCC. The van der Waals surface area contributed by atoms with Crippen LogP contribution in [-0.2, 0) is 28.6 Å². The average molecular weight is 1060 g/mol. The Bertz CT molecular complexity index is 1490. The molecule has 0 aromatic rings. The summed E-state index contributed by atoms with van der Waals surface area (Å²) >= 11 is 0. The van der Waals surface area contributed by atoms with Crippen LogP contribution in [0.25, 0.3) is 0 Å². The maximum absolute atomic E-state index is 12.8. The van der Waals surface area contributed by atoms with Crippen LogP contribution in [0.1, 0.15) is 310 Å². The fourth-order valence-corrected chi connectivity index (χ4v) is 8.94. The number of allylic oxidation sites excluding steroid dienone is 16. The highest BCUT2D eigenvalue weighted by Gasteiger charge is 2.19. The third-order valence-corrected chi connectivity index (χ3v) is 13.8. The highest BCUT2D eigenvalue weighted by Crippen LogP contribution is 2.16. The average Bonchev–Trinajstić information content (AvgIpc) is 3.42. The fraction of sp³-hybridized carbons (Fsp3) is 0.729. The van der Waals surface area contributed by atoms with Crippen LogP contribution in [0, 0.1) is 0 Å². The standard InChI is InChI=1S/C70H120O6/c1-4-7-10-13-16-19-22-24-26-27-28-29-30-31-32-33-34-35-36-37-38-39-40-41-42-43-44-46-48-51-54-57-60-63-69(72)75-66-67(65-74-68(71)62-59-56-53-50-47-21-18-15-12-9-6-3)76-70(73)64-61-58-55-52-49-45-25-23-20-17-14-11-8-5-2/h7,10,14-19,23-26,28-29,31-32,67H,4-6,8-9,11-13,20-22,27,30,33-66H2,1-3H3/b10-7-,17-14-,18-15-,19-16-,25-23-,26-24-,29-28-,32-31-. The number of hydrogen-bond donors (Lipinski definition) is 0. The molecule has 0 aromatic carbocycles. The van der Waals surface area contributed by atoms with Gasteiger partial charge in [0.15, 0.2) is 6.10 Å². The van der Waals surface area contributed by atoms with E-state index >= 15 is 0 Å². The van der Waals surface area contributed by atoms with E-state index in [-0.39, 0.29) is 31.1 Å². The van der Waals surface area contributed by atoms with Crippen LogP contribution in [0.15, 0.2) is 97.2 Å². The maximum atomic E-state index is 12.8. The predicted octanol–water partition coefficient (Wildman–Crippen LogP) is 22.0. The Balaban J connectivity index is 4.11. The highest BCUT2D eigenvalue weighted by atomic mass is 16.6. The van der Waals surface area contributed by atoms with Crippen LogP contribution in [0.2, 0.25) is 0 Å². The molecule has 0 fully saturated rings. The number of carbonyl (C=O) groups is 3. The lowest BCUT2D eigenvalue weighted by Gasteiger charge is -2.18. The summed E-state index contributed by atoms with van der Waals surface area (Å²) in [6.45, 7) is 6.45. The van der Waals surface area contributed by atoms with Gasteiger partial charge < -0.3 is 14.2 Å². The van der Waals surface area contributed by atoms with Crippen LogP contribution < -0.4 is 0 Å². The minimum absolute atomic E-state index is 0.0831. The first-order valence-electron chi connectivity index (χ1n) is 32.2. The first-order chi connectivity index (χ1) is 37.5. The molecule has 0 aromatic heterocycles. The van der Waals surface area contributed by atoms with E-state index in [0.29, 0.717) is 19.3 Å². The third kappa shape index (κ3) is 61.2. The van der Waals surface area contributed by atoms with Gasteiger partial charge in [0, 0.05) is 19.3 Å². The van der Waals surface area contributed by atoms with Crippen molar-refractivity contribution < 1.29 is 28.6 Å². The lowest BCUT2D eigenvalue weighted by Crippen LogP contribution is -2.30. The highest BCUT2D eigenvalue weighted by molar-refractivity contribution is 5.71. The van der Waals surface area contributed by atoms with Crippen molar-refractivity contribution in [2.75, 3.05) is 13.2 Å². The molecule has 0 aliphatic carbocycles. The second kappa shape index (κ2) is 63.9. The number of ether oxygens (including phenoxy) is 3. The zero-order valence-electron chi connectivity index (χ0n) is 50.0. The Labute approximate surface area is 470 Å². The third-order valence-electron chi connectivity index (χ3n) is 13.8. The molecule has 0 aliphatic heterocycles. The zero-order valence-corrected chi connectivity index (χ0v) is 50.0. The van der Waals surface area contributed by atoms with Crippen molar-refractivity contribution in [2.24, 2.45) is 0 Å². The van der Waals surface area contributed by atoms with E-state index in [9.17, 15) is 14.4 Å². The maximum Gasteiger partial charge on any atom is 0.306 e. The first kappa shape index (κ1) is 72.3. The van der Waals surface area contributed by atoms with Crippen LogP contribution >= 0.6 is 0 Å². The van der Waals surface area contributed by atoms with Crippen molar-refractivity contribution in [1.82, 2.24) is 0 Å². The van der Waals surface area contributed by atoms with Crippen molar-refractivity contribution in [3.8, 4) is 0 Å². The van der Waals surface area contributed by atoms with Gasteiger partial charge in [0.25, 0.3) is 0 Å². The van der Waals surface area contributed by atoms with E-state index in [4.69, 9.17) is 14.2 Å². The van der Waals surface area contributed by atoms with E-state index < -0.39 is 6.10 Å². The Morgan fingerprint density at radius 3 is 0.816 bits per heavy atom. The monoisotopic (exact) mass is 1060 g/mol. The molecule has 0 saturated carbocycles. The van der Waals surface area contributed by atoms with E-state index in [2.05, 4.69) is 118 Å². The Morgan fingerprint density at radius 1 is 0.276 bits per heavy atom. The van der Waals surface area contributed by atoms with Crippen molar-refractivity contribution in [1.29, 1.82) is 0 Å². The molecule has 1 unspecified atom stereocenters. The summed E-state index contributed by atoms with van der Waals surface area (Å²) in [5.41, 5.74) is 0. The smallest absolute Gasteiger partial charge is 0.306 e. The summed E-state index contributed by atoms with van der Waals surface area (Å²) in [5.74, 6) is -0.899. The Hall–Kier alpha value is -3.67. The molecule has 76 heavy (non-hydrogen) atoms. The van der Waals surface area contributed by atoms with E-state index in [1.165, 1.54) is 148 Å². The molecule has 0 aliphatic rings. The van der Waals surface area contributed by atoms with Crippen molar-refractivity contribution in [3.05, 3.63) is 97.2 Å². The van der Waals surface area contributed by atoms with E-state index in [1.807, 2.05) is 0 Å². The molecule has 0 amide bonds. The molecule has 436 valence electrons. The zero-order chi connectivity index (χ0) is 55.0. The predicted molar refractivity (Wildman–Crippen MR) is 330 cm³/mol. The molecular formula is C70H120O6. The number of carbonyl (C=O) groups excluding carboxylic acids is 3. The number of hydrogen-bond acceptors (Lipinski definition) is 6. The summed E-state index contributed by atoms with van der Waals surface area (Å²) in [6, 6.07) is 0.